The number of hydrogen-bond donors (Lipinski definition) is 3. The van der Waals surface area contributed by atoms with Gasteiger partial charge in [0.2, 0.25) is 0 Å². The monoisotopic (exact) mass is 528 g/mol. The molecule has 9 heteroatoms. The summed E-state index contributed by atoms with van der Waals surface area (Å²) in [7, 11) is 3.11. The molecule has 3 N–H and O–H groups in total. The Bertz CT molecular complexity index is 1610. The van der Waals surface area contributed by atoms with Crippen LogP contribution in [0.25, 0.3) is 33.0 Å². The summed E-state index contributed by atoms with van der Waals surface area (Å²) >= 11 is 0. The highest BCUT2D eigenvalue weighted by molar-refractivity contribution is 6.51. The predicted octanol–water partition coefficient (Wildman–Crippen LogP) is 3.55. The van der Waals surface area contributed by atoms with Gasteiger partial charge in [0.05, 0.1) is 42.4 Å². The molecule has 1 unspecified atom stereocenters. The first-order chi connectivity index (χ1) is 19.0. The van der Waals surface area contributed by atoms with E-state index >= 15 is 0 Å². The number of nitrogens with one attached hydrogen (secondary N) is 2. The van der Waals surface area contributed by atoms with E-state index in [0.29, 0.717) is 46.7 Å². The normalized spacial score (nSPS) is 17.3. The van der Waals surface area contributed by atoms with Gasteiger partial charge in [0.25, 0.3) is 11.8 Å². The van der Waals surface area contributed by atoms with Gasteiger partial charge in [-0.15, -0.1) is 0 Å². The zero-order valence-corrected chi connectivity index (χ0v) is 22.1. The van der Waals surface area contributed by atoms with E-state index in [2.05, 4.69) is 15.2 Å². The third kappa shape index (κ3) is 4.37. The van der Waals surface area contributed by atoms with Crippen molar-refractivity contribution in [3.63, 3.8) is 0 Å². The largest absolute Gasteiger partial charge is 0.493 e. The molecule has 2 aromatic carbocycles. The fraction of sp³-hybridized carbons (Fsp3) is 0.333. The van der Waals surface area contributed by atoms with E-state index in [-0.39, 0.29) is 5.57 Å². The molecular weight excluding hydrogens is 496 g/mol. The Balaban J connectivity index is 1.53. The van der Waals surface area contributed by atoms with Crippen LogP contribution in [0.5, 0.6) is 11.5 Å². The summed E-state index contributed by atoms with van der Waals surface area (Å²) < 4.78 is 13.3. The Hall–Kier alpha value is -4.08. The molecule has 6 rings (SSSR count). The highest BCUT2D eigenvalue weighted by Gasteiger charge is 2.36. The molecular formula is C30H32N4O5. The number of H-pyrrole nitrogens is 1. The minimum atomic E-state index is -0.610. The number of aliphatic hydroxyl groups is 1. The number of rotatable bonds is 8. The fourth-order valence-electron chi connectivity index (χ4n) is 6.02. The molecule has 2 aliphatic rings. The number of para-hydroxylation sites is 1. The maximum Gasteiger partial charge on any atom is 0.259 e. The summed E-state index contributed by atoms with van der Waals surface area (Å²) in [6.45, 7) is 2.88. The number of aliphatic hydroxyl groups excluding tert-OH is 1. The number of imide groups is 1. The molecule has 2 amide bonds. The van der Waals surface area contributed by atoms with Crippen molar-refractivity contribution in [1.29, 1.82) is 0 Å². The van der Waals surface area contributed by atoms with Crippen LogP contribution in [0.2, 0.25) is 0 Å². The van der Waals surface area contributed by atoms with Gasteiger partial charge >= 0.3 is 0 Å². The van der Waals surface area contributed by atoms with Gasteiger partial charge in [0.15, 0.2) is 11.5 Å². The average Bonchev–Trinajstić information content (AvgIpc) is 3.61. The quantitative estimate of drug-likeness (QED) is 0.302. The number of aromatic nitrogens is 2. The van der Waals surface area contributed by atoms with Crippen LogP contribution >= 0.6 is 0 Å². The fourth-order valence-corrected chi connectivity index (χ4v) is 6.02. The van der Waals surface area contributed by atoms with Crippen LogP contribution in [0.15, 0.2) is 48.8 Å². The Morgan fingerprint density at radius 3 is 2.41 bits per heavy atom. The molecule has 1 fully saturated rings. The van der Waals surface area contributed by atoms with Gasteiger partial charge in [-0.3, -0.25) is 14.9 Å². The Morgan fingerprint density at radius 1 is 0.923 bits per heavy atom. The molecule has 2 aromatic heterocycles. The number of nitrogens with zero attached hydrogens (tertiary/aromatic N) is 2. The standard InChI is InChI=1S/C30H32N4O5/c1-38-24-11-10-23-25(28(24)39-2)21(17-34(23)16-18(35)15-33-12-6-3-7-13-33)27-26(29(36)32-30(27)37)20-14-31-22-9-5-4-8-19(20)22/h4-5,8-11,14,17-18,31,35H,3,6-7,12-13,15-16H2,1-2H3,(H,32,36,37). The lowest BCUT2D eigenvalue weighted by Gasteiger charge is -2.28. The Labute approximate surface area is 226 Å². The molecule has 4 heterocycles. The van der Waals surface area contributed by atoms with Crippen LogP contribution in [0.3, 0.4) is 0 Å². The van der Waals surface area contributed by atoms with Gasteiger partial charge in [-0.25, -0.2) is 0 Å². The van der Waals surface area contributed by atoms with Crippen molar-refractivity contribution in [3.05, 3.63) is 59.9 Å². The van der Waals surface area contributed by atoms with Crippen LogP contribution in [-0.4, -0.2) is 71.3 Å². The van der Waals surface area contributed by atoms with Crippen LogP contribution < -0.4 is 14.8 Å². The van der Waals surface area contributed by atoms with Crippen LogP contribution in [0, 0.1) is 0 Å². The minimum Gasteiger partial charge on any atom is -0.493 e. The van der Waals surface area contributed by atoms with E-state index in [0.717, 1.165) is 42.4 Å². The topological polar surface area (TPSA) is 109 Å². The number of ether oxygens (including phenoxy) is 2. The Morgan fingerprint density at radius 2 is 1.67 bits per heavy atom. The van der Waals surface area contributed by atoms with E-state index in [1.54, 1.807) is 20.4 Å². The molecule has 0 aliphatic carbocycles. The van der Waals surface area contributed by atoms with E-state index < -0.39 is 17.9 Å². The summed E-state index contributed by atoms with van der Waals surface area (Å²) in [5, 5.41) is 15.1. The molecule has 4 aromatic rings. The molecule has 1 saturated heterocycles. The van der Waals surface area contributed by atoms with Crippen molar-refractivity contribution in [1.82, 2.24) is 19.8 Å². The maximum atomic E-state index is 13.4. The zero-order chi connectivity index (χ0) is 27.1. The van der Waals surface area contributed by atoms with Gasteiger partial charge in [-0.1, -0.05) is 24.6 Å². The molecule has 0 radical (unpaired) electrons. The van der Waals surface area contributed by atoms with Gasteiger partial charge in [0, 0.05) is 47.5 Å². The third-order valence-electron chi connectivity index (χ3n) is 7.77. The third-order valence-corrected chi connectivity index (χ3v) is 7.77. The molecule has 202 valence electrons. The first-order valence-electron chi connectivity index (χ1n) is 13.3. The van der Waals surface area contributed by atoms with Crippen LogP contribution in [-0.2, 0) is 16.1 Å². The molecule has 0 saturated carbocycles. The van der Waals surface area contributed by atoms with E-state index in [1.165, 1.54) is 6.42 Å². The van der Waals surface area contributed by atoms with Gasteiger partial charge in [0.1, 0.15) is 0 Å². The van der Waals surface area contributed by atoms with Gasteiger partial charge in [-0.2, -0.15) is 0 Å². The number of carbonyl (C=O) groups excluding carboxylic acids is 2. The molecule has 39 heavy (non-hydrogen) atoms. The van der Waals surface area contributed by atoms with E-state index in [1.807, 2.05) is 47.2 Å². The average molecular weight is 529 g/mol. The number of methoxy groups -OCH3 is 2. The maximum absolute atomic E-state index is 13.4. The van der Waals surface area contributed by atoms with Crippen molar-refractivity contribution in [3.8, 4) is 11.5 Å². The van der Waals surface area contributed by atoms with Crippen molar-refractivity contribution >= 4 is 44.8 Å². The summed E-state index contributed by atoms with van der Waals surface area (Å²) in [4.78, 5) is 32.1. The second-order valence-corrected chi connectivity index (χ2v) is 10.2. The van der Waals surface area contributed by atoms with Crippen LogP contribution in [0.1, 0.15) is 30.4 Å². The second-order valence-electron chi connectivity index (χ2n) is 10.2. The highest BCUT2D eigenvalue weighted by atomic mass is 16.5. The summed E-state index contributed by atoms with van der Waals surface area (Å²) in [6, 6.07) is 11.4. The lowest BCUT2D eigenvalue weighted by molar-refractivity contribution is -0.122. The summed E-state index contributed by atoms with van der Waals surface area (Å²) in [5.41, 5.74) is 3.42. The van der Waals surface area contributed by atoms with Crippen molar-refractivity contribution in [2.45, 2.75) is 31.9 Å². The number of piperidine rings is 1. The van der Waals surface area contributed by atoms with Crippen molar-refractivity contribution in [2.24, 2.45) is 0 Å². The van der Waals surface area contributed by atoms with Gasteiger partial charge in [-0.05, 0) is 44.1 Å². The Kier molecular flexibility index (Phi) is 6.62. The summed E-state index contributed by atoms with van der Waals surface area (Å²) in [5.74, 6) is 0.0507. The zero-order valence-electron chi connectivity index (χ0n) is 22.1. The number of benzene rings is 2. The number of fused-ring (bicyclic) bond motifs is 2. The molecule has 2 aliphatic heterocycles. The highest BCUT2D eigenvalue weighted by Crippen LogP contribution is 2.44. The number of hydrogen-bond acceptors (Lipinski definition) is 6. The lowest BCUT2D eigenvalue weighted by atomic mass is 9.95. The lowest BCUT2D eigenvalue weighted by Crippen LogP contribution is -2.37. The minimum absolute atomic E-state index is 0.269. The van der Waals surface area contributed by atoms with E-state index in [9.17, 15) is 14.7 Å². The summed E-state index contributed by atoms with van der Waals surface area (Å²) in [6.07, 6.45) is 6.52. The number of amides is 2. The first kappa shape index (κ1) is 25.2. The SMILES string of the molecule is COc1ccc2c(c(C3=C(c4c[nH]c5ccccc45)C(=O)NC3=O)cn2CC(O)CN2CCCCC2)c1OC. The van der Waals surface area contributed by atoms with Crippen molar-refractivity contribution in [2.75, 3.05) is 33.9 Å². The smallest absolute Gasteiger partial charge is 0.259 e. The van der Waals surface area contributed by atoms with Crippen molar-refractivity contribution < 1.29 is 24.2 Å². The molecule has 0 bridgehead atoms. The molecule has 9 nitrogen and oxygen atoms in total. The molecule has 0 spiro atoms. The number of β-amino-alcohol motifs (C(OH)–C–C–N with tert-alkyl or cyclic N) is 1. The van der Waals surface area contributed by atoms with Gasteiger partial charge < -0.3 is 29.0 Å². The second kappa shape index (κ2) is 10.2. The molecule has 1 atom stereocenters. The first-order valence-corrected chi connectivity index (χ1v) is 13.3. The predicted molar refractivity (Wildman–Crippen MR) is 150 cm³/mol. The number of likely N-dealkylation sites (tertiary alicyclic amines) is 1. The van der Waals surface area contributed by atoms with Crippen LogP contribution in [0.4, 0.5) is 0 Å². The van der Waals surface area contributed by atoms with E-state index in [4.69, 9.17) is 9.47 Å². The number of aromatic amines is 1. The number of carbonyl (C=O) groups is 2.